The lowest BCUT2D eigenvalue weighted by Gasteiger charge is -2.07. The molecule has 0 aliphatic rings. The maximum absolute atomic E-state index is 13.9. The van der Waals surface area contributed by atoms with Crippen LogP contribution in [0.4, 0.5) is 15.9 Å². The van der Waals surface area contributed by atoms with Crippen LogP contribution in [0.15, 0.2) is 59.4 Å². The van der Waals surface area contributed by atoms with Crippen molar-refractivity contribution in [3.8, 4) is 11.3 Å². The first-order valence-corrected chi connectivity index (χ1v) is 7.48. The van der Waals surface area contributed by atoms with Gasteiger partial charge in [-0.1, -0.05) is 41.0 Å². The lowest BCUT2D eigenvalue weighted by Crippen LogP contribution is -1.97. The Hall–Kier alpha value is -2.99. The second-order valence-corrected chi connectivity index (χ2v) is 5.49. The molecule has 0 bridgehead atoms. The molecule has 0 unspecified atom stereocenters. The van der Waals surface area contributed by atoms with Crippen molar-refractivity contribution in [1.29, 1.82) is 0 Å². The molecule has 0 spiro atoms. The Morgan fingerprint density at radius 1 is 1.04 bits per heavy atom. The van der Waals surface area contributed by atoms with E-state index in [0.717, 1.165) is 5.56 Å². The van der Waals surface area contributed by atoms with Gasteiger partial charge in [0.15, 0.2) is 0 Å². The minimum atomic E-state index is -0.384. The molecule has 0 aliphatic heterocycles. The highest BCUT2D eigenvalue weighted by Gasteiger charge is 2.17. The van der Waals surface area contributed by atoms with E-state index in [4.69, 9.17) is 16.1 Å². The summed E-state index contributed by atoms with van der Waals surface area (Å²) in [5.74, 6) is 0.0198. The van der Waals surface area contributed by atoms with E-state index in [1.165, 1.54) is 12.4 Å². The summed E-state index contributed by atoms with van der Waals surface area (Å²) < 4.78 is 19.2. The second-order valence-electron chi connectivity index (χ2n) is 5.05. The van der Waals surface area contributed by atoms with E-state index < -0.39 is 0 Å². The maximum Gasteiger partial charge on any atom is 0.263 e. The normalized spacial score (nSPS) is 10.9. The third-order valence-electron chi connectivity index (χ3n) is 3.50. The standard InChI is InChI=1S/C17H10ClFN4O/c18-11-5-3-4-10(8-11)15-14-16(20-9-21-17(14)24-23-15)22-13-7-2-1-6-12(13)19/h1-9H,(H,20,21,22). The average Bonchev–Trinajstić information content (AvgIpc) is 3.02. The first kappa shape index (κ1) is 14.6. The third-order valence-corrected chi connectivity index (χ3v) is 3.73. The summed E-state index contributed by atoms with van der Waals surface area (Å²) in [6, 6.07) is 13.5. The Labute approximate surface area is 141 Å². The van der Waals surface area contributed by atoms with E-state index in [-0.39, 0.29) is 5.82 Å². The fourth-order valence-corrected chi connectivity index (χ4v) is 2.59. The van der Waals surface area contributed by atoms with Gasteiger partial charge in [-0.05, 0) is 24.3 Å². The molecule has 0 aliphatic carbocycles. The van der Waals surface area contributed by atoms with Gasteiger partial charge in [0.2, 0.25) is 0 Å². The molecule has 2 aromatic heterocycles. The summed E-state index contributed by atoms with van der Waals surface area (Å²) in [6.07, 6.45) is 1.33. The van der Waals surface area contributed by atoms with Gasteiger partial charge in [0.05, 0.1) is 5.69 Å². The van der Waals surface area contributed by atoms with Crippen molar-refractivity contribution in [2.24, 2.45) is 0 Å². The van der Waals surface area contributed by atoms with Gasteiger partial charge in [-0.2, -0.15) is 4.98 Å². The predicted octanol–water partition coefficient (Wildman–Crippen LogP) is 4.82. The fourth-order valence-electron chi connectivity index (χ4n) is 2.40. The molecule has 24 heavy (non-hydrogen) atoms. The van der Waals surface area contributed by atoms with Crippen LogP contribution in [0.3, 0.4) is 0 Å². The predicted molar refractivity (Wildman–Crippen MR) is 89.7 cm³/mol. The molecule has 5 nitrogen and oxygen atoms in total. The lowest BCUT2D eigenvalue weighted by atomic mass is 10.1. The topological polar surface area (TPSA) is 63.8 Å². The molecule has 4 aromatic rings. The molecule has 118 valence electrons. The highest BCUT2D eigenvalue weighted by molar-refractivity contribution is 6.30. The fraction of sp³-hybridized carbons (Fsp3) is 0. The van der Waals surface area contributed by atoms with Gasteiger partial charge in [0.1, 0.15) is 29.0 Å². The molecule has 7 heteroatoms. The number of aromatic nitrogens is 3. The van der Waals surface area contributed by atoms with Crippen molar-refractivity contribution in [2.45, 2.75) is 0 Å². The van der Waals surface area contributed by atoms with E-state index in [2.05, 4.69) is 20.4 Å². The van der Waals surface area contributed by atoms with E-state index in [1.807, 2.05) is 12.1 Å². The van der Waals surface area contributed by atoms with Crippen molar-refractivity contribution >= 4 is 34.2 Å². The van der Waals surface area contributed by atoms with E-state index in [1.54, 1.807) is 30.3 Å². The third kappa shape index (κ3) is 2.57. The second kappa shape index (κ2) is 5.90. The monoisotopic (exact) mass is 340 g/mol. The van der Waals surface area contributed by atoms with Crippen molar-refractivity contribution in [3.63, 3.8) is 0 Å². The van der Waals surface area contributed by atoms with Gasteiger partial charge in [-0.3, -0.25) is 0 Å². The van der Waals surface area contributed by atoms with E-state index in [9.17, 15) is 4.39 Å². The van der Waals surface area contributed by atoms with E-state index >= 15 is 0 Å². The van der Waals surface area contributed by atoms with Crippen molar-refractivity contribution in [3.05, 3.63) is 65.7 Å². The smallest absolute Gasteiger partial charge is 0.263 e. The minimum Gasteiger partial charge on any atom is -0.337 e. The van der Waals surface area contributed by atoms with Crippen LogP contribution in [0, 0.1) is 5.82 Å². The SMILES string of the molecule is Fc1ccccc1Nc1ncnc2onc(-c3cccc(Cl)c3)c12. The zero-order valence-corrected chi connectivity index (χ0v) is 13.0. The number of hydrogen-bond acceptors (Lipinski definition) is 5. The molecule has 0 radical (unpaired) electrons. The molecule has 0 fully saturated rings. The first-order valence-electron chi connectivity index (χ1n) is 7.10. The summed E-state index contributed by atoms with van der Waals surface area (Å²) in [4.78, 5) is 8.27. The number of rotatable bonds is 3. The number of para-hydroxylation sites is 1. The molecule has 2 heterocycles. The number of nitrogens with zero attached hydrogens (tertiary/aromatic N) is 3. The number of hydrogen-bond donors (Lipinski definition) is 1. The number of nitrogens with one attached hydrogen (secondary N) is 1. The minimum absolute atomic E-state index is 0.302. The molecule has 2 aromatic carbocycles. The van der Waals surface area contributed by atoms with Crippen LogP contribution in [0.5, 0.6) is 0 Å². The summed E-state index contributed by atoms with van der Waals surface area (Å²) in [5.41, 5.74) is 1.90. The average molecular weight is 341 g/mol. The lowest BCUT2D eigenvalue weighted by molar-refractivity contribution is 0.451. The quantitative estimate of drug-likeness (QED) is 0.579. The van der Waals surface area contributed by atoms with Crippen molar-refractivity contribution in [1.82, 2.24) is 15.1 Å². The molecule has 1 N–H and O–H groups in total. The zero-order valence-electron chi connectivity index (χ0n) is 12.2. The number of halogens is 2. The summed E-state index contributed by atoms with van der Waals surface area (Å²) >= 11 is 6.05. The molecule has 0 amide bonds. The van der Waals surface area contributed by atoms with Gasteiger partial charge < -0.3 is 9.84 Å². The van der Waals surface area contributed by atoms with Crippen molar-refractivity contribution < 1.29 is 8.91 Å². The Morgan fingerprint density at radius 3 is 2.75 bits per heavy atom. The molecular formula is C17H10ClFN4O. The van der Waals surface area contributed by atoms with Gasteiger partial charge in [0, 0.05) is 10.6 Å². The molecule has 4 rings (SSSR count). The van der Waals surface area contributed by atoms with Crippen molar-refractivity contribution in [2.75, 3.05) is 5.32 Å². The van der Waals surface area contributed by atoms with Crippen LogP contribution in [0.25, 0.3) is 22.4 Å². The van der Waals surface area contributed by atoms with Gasteiger partial charge in [-0.25, -0.2) is 9.37 Å². The molecule has 0 saturated heterocycles. The molecule has 0 saturated carbocycles. The summed E-state index contributed by atoms with van der Waals surface area (Å²) in [7, 11) is 0. The van der Waals surface area contributed by atoms with Gasteiger partial charge in [0.25, 0.3) is 5.71 Å². The van der Waals surface area contributed by atoms with Crippen LogP contribution < -0.4 is 5.32 Å². The number of benzene rings is 2. The Morgan fingerprint density at radius 2 is 1.92 bits per heavy atom. The van der Waals surface area contributed by atoms with Crippen LogP contribution in [0.2, 0.25) is 5.02 Å². The number of fused-ring (bicyclic) bond motifs is 1. The van der Waals surface area contributed by atoms with Crippen LogP contribution >= 0.6 is 11.6 Å². The Bertz CT molecular complexity index is 1030. The summed E-state index contributed by atoms with van der Waals surface area (Å²) in [6.45, 7) is 0. The highest BCUT2D eigenvalue weighted by Crippen LogP contribution is 2.33. The van der Waals surface area contributed by atoms with E-state index in [0.29, 0.717) is 33.3 Å². The summed E-state index contributed by atoms with van der Waals surface area (Å²) in [5, 5.41) is 8.16. The highest BCUT2D eigenvalue weighted by atomic mass is 35.5. The molecule has 0 atom stereocenters. The first-order chi connectivity index (χ1) is 11.7. The van der Waals surface area contributed by atoms with Crippen LogP contribution in [0.1, 0.15) is 0 Å². The van der Waals surface area contributed by atoms with Gasteiger partial charge >= 0.3 is 0 Å². The van der Waals surface area contributed by atoms with Crippen LogP contribution in [-0.4, -0.2) is 15.1 Å². The number of anilines is 2. The van der Waals surface area contributed by atoms with Gasteiger partial charge in [-0.15, -0.1) is 0 Å². The largest absolute Gasteiger partial charge is 0.337 e. The maximum atomic E-state index is 13.9. The molecular weight excluding hydrogens is 331 g/mol. The zero-order chi connectivity index (χ0) is 16.5. The Kier molecular flexibility index (Phi) is 3.59. The van der Waals surface area contributed by atoms with Crippen LogP contribution in [-0.2, 0) is 0 Å². The Balaban J connectivity index is 1.88.